The summed E-state index contributed by atoms with van der Waals surface area (Å²) in [6, 6.07) is 6.05. The first-order chi connectivity index (χ1) is 7.29. The van der Waals surface area contributed by atoms with Crippen molar-refractivity contribution in [2.45, 2.75) is 13.5 Å². The number of aldehydes is 1. The van der Waals surface area contributed by atoms with Crippen molar-refractivity contribution in [3.05, 3.63) is 29.6 Å². The number of hydrogen-bond donors (Lipinski definition) is 2. The number of benzene rings is 1. The minimum absolute atomic E-state index is 0.389. The van der Waals surface area contributed by atoms with E-state index >= 15 is 0 Å². The van der Waals surface area contributed by atoms with Gasteiger partial charge in [0.2, 0.25) is 0 Å². The van der Waals surface area contributed by atoms with Gasteiger partial charge in [-0.25, -0.2) is 4.98 Å². The van der Waals surface area contributed by atoms with Gasteiger partial charge >= 0.3 is 0 Å². The Bertz CT molecular complexity index is 476. The van der Waals surface area contributed by atoms with Crippen molar-refractivity contribution in [3.8, 4) is 0 Å². The lowest BCUT2D eigenvalue weighted by atomic mass is 10.2. The monoisotopic (exact) mass is 203 g/mol. The van der Waals surface area contributed by atoms with Gasteiger partial charge in [-0.1, -0.05) is 6.07 Å². The fraction of sp³-hybridized carbons (Fsp3) is 0.273. The zero-order valence-corrected chi connectivity index (χ0v) is 8.58. The summed E-state index contributed by atoms with van der Waals surface area (Å²) in [6.07, 6.45) is 0.860. The van der Waals surface area contributed by atoms with Gasteiger partial charge in [0.15, 0.2) is 0 Å². The molecule has 1 heterocycles. The van der Waals surface area contributed by atoms with E-state index in [0.29, 0.717) is 13.1 Å². The lowest BCUT2D eigenvalue weighted by molar-refractivity contribution is -0.107. The number of nitrogens with zero attached hydrogens (tertiary/aromatic N) is 1. The number of aromatic nitrogens is 2. The van der Waals surface area contributed by atoms with Gasteiger partial charge in [-0.2, -0.15) is 0 Å². The molecular weight excluding hydrogens is 190 g/mol. The van der Waals surface area contributed by atoms with Crippen molar-refractivity contribution < 1.29 is 4.79 Å². The average Bonchev–Trinajstić information content (AvgIpc) is 2.57. The second kappa shape index (κ2) is 4.23. The van der Waals surface area contributed by atoms with E-state index in [2.05, 4.69) is 15.3 Å². The zero-order chi connectivity index (χ0) is 10.7. The topological polar surface area (TPSA) is 57.8 Å². The molecule has 0 spiro atoms. The lowest BCUT2D eigenvalue weighted by Gasteiger charge is -2.00. The highest BCUT2D eigenvalue weighted by atomic mass is 16.1. The molecule has 15 heavy (non-hydrogen) atoms. The zero-order valence-electron chi connectivity index (χ0n) is 8.58. The Morgan fingerprint density at radius 1 is 1.53 bits per heavy atom. The number of rotatable bonds is 4. The Hall–Kier alpha value is -1.68. The van der Waals surface area contributed by atoms with Crippen LogP contribution in [0.2, 0.25) is 0 Å². The van der Waals surface area contributed by atoms with Crippen LogP contribution in [0.4, 0.5) is 0 Å². The second-order valence-corrected chi connectivity index (χ2v) is 3.47. The highest BCUT2D eigenvalue weighted by Crippen LogP contribution is 2.13. The van der Waals surface area contributed by atoms with Crippen molar-refractivity contribution in [1.29, 1.82) is 0 Å². The number of aromatic amines is 1. The van der Waals surface area contributed by atoms with Crippen LogP contribution < -0.4 is 5.32 Å². The molecule has 0 aliphatic carbocycles. The Labute approximate surface area is 87.7 Å². The predicted octanol–water partition coefficient (Wildman–Crippen LogP) is 1.16. The van der Waals surface area contributed by atoms with E-state index in [1.807, 2.05) is 25.1 Å². The molecule has 1 aromatic carbocycles. The van der Waals surface area contributed by atoms with Crippen LogP contribution in [0.15, 0.2) is 18.2 Å². The van der Waals surface area contributed by atoms with Gasteiger partial charge < -0.3 is 15.1 Å². The molecule has 0 atom stereocenters. The summed E-state index contributed by atoms with van der Waals surface area (Å²) in [5, 5.41) is 3.02. The molecule has 4 nitrogen and oxygen atoms in total. The van der Waals surface area contributed by atoms with Crippen LogP contribution in [0.25, 0.3) is 11.0 Å². The van der Waals surface area contributed by atoms with E-state index in [1.165, 1.54) is 0 Å². The maximum absolute atomic E-state index is 10.1. The second-order valence-electron chi connectivity index (χ2n) is 3.47. The SMILES string of the molecule is Cc1nc2ccc(CNCC=O)cc2[nH]1. The number of carbonyl (C=O) groups excluding carboxylic acids is 1. The normalized spacial score (nSPS) is 10.7. The van der Waals surface area contributed by atoms with Gasteiger partial charge in [-0.05, 0) is 24.6 Å². The first-order valence-corrected chi connectivity index (χ1v) is 4.89. The van der Waals surface area contributed by atoms with Gasteiger partial charge in [0.1, 0.15) is 12.1 Å². The minimum Gasteiger partial charge on any atom is -0.342 e. The fourth-order valence-electron chi connectivity index (χ4n) is 1.57. The maximum atomic E-state index is 10.1. The summed E-state index contributed by atoms with van der Waals surface area (Å²) in [5.41, 5.74) is 3.16. The van der Waals surface area contributed by atoms with Gasteiger partial charge in [-0.15, -0.1) is 0 Å². The molecular formula is C11H13N3O. The summed E-state index contributed by atoms with van der Waals surface area (Å²) in [4.78, 5) is 17.6. The van der Waals surface area contributed by atoms with Crippen LogP contribution in [-0.2, 0) is 11.3 Å². The molecule has 0 radical (unpaired) electrons. The molecule has 0 aliphatic rings. The van der Waals surface area contributed by atoms with Gasteiger partial charge in [0.25, 0.3) is 0 Å². The van der Waals surface area contributed by atoms with E-state index in [-0.39, 0.29) is 0 Å². The summed E-state index contributed by atoms with van der Waals surface area (Å²) in [6.45, 7) is 3.02. The first-order valence-electron chi connectivity index (χ1n) is 4.89. The van der Waals surface area contributed by atoms with Crippen LogP contribution in [0.3, 0.4) is 0 Å². The molecule has 0 saturated carbocycles. The highest BCUT2D eigenvalue weighted by Gasteiger charge is 2.00. The Balaban J connectivity index is 2.18. The van der Waals surface area contributed by atoms with E-state index in [1.54, 1.807) is 0 Å². The Morgan fingerprint density at radius 2 is 2.40 bits per heavy atom. The van der Waals surface area contributed by atoms with Crippen molar-refractivity contribution >= 4 is 17.3 Å². The minimum atomic E-state index is 0.389. The molecule has 0 saturated heterocycles. The molecule has 0 amide bonds. The molecule has 2 aromatic rings. The third-order valence-corrected chi connectivity index (χ3v) is 2.22. The van der Waals surface area contributed by atoms with Crippen molar-refractivity contribution in [3.63, 3.8) is 0 Å². The predicted molar refractivity (Wildman–Crippen MR) is 58.6 cm³/mol. The number of imidazole rings is 1. The smallest absolute Gasteiger partial charge is 0.133 e. The number of aryl methyl sites for hydroxylation is 1. The van der Waals surface area contributed by atoms with Crippen LogP contribution in [0.1, 0.15) is 11.4 Å². The molecule has 0 aliphatic heterocycles. The Kier molecular flexibility index (Phi) is 2.78. The first kappa shape index (κ1) is 9.86. The third kappa shape index (κ3) is 2.22. The molecule has 2 rings (SSSR count). The van der Waals surface area contributed by atoms with Crippen molar-refractivity contribution in [2.24, 2.45) is 0 Å². The van der Waals surface area contributed by atoms with E-state index in [0.717, 1.165) is 28.7 Å². The summed E-state index contributed by atoms with van der Waals surface area (Å²) in [5.74, 6) is 0.919. The Morgan fingerprint density at radius 3 is 3.20 bits per heavy atom. The highest BCUT2D eigenvalue weighted by molar-refractivity contribution is 5.75. The number of carbonyl (C=O) groups is 1. The van der Waals surface area contributed by atoms with Crippen molar-refractivity contribution in [2.75, 3.05) is 6.54 Å². The van der Waals surface area contributed by atoms with E-state index < -0.39 is 0 Å². The number of fused-ring (bicyclic) bond motifs is 1. The quantitative estimate of drug-likeness (QED) is 0.579. The molecule has 78 valence electrons. The van der Waals surface area contributed by atoms with Gasteiger partial charge in [-0.3, -0.25) is 0 Å². The summed E-state index contributed by atoms with van der Waals surface area (Å²) in [7, 11) is 0. The summed E-state index contributed by atoms with van der Waals surface area (Å²) < 4.78 is 0. The molecule has 0 fully saturated rings. The molecule has 4 heteroatoms. The summed E-state index contributed by atoms with van der Waals surface area (Å²) >= 11 is 0. The van der Waals surface area contributed by atoms with E-state index in [9.17, 15) is 4.79 Å². The largest absolute Gasteiger partial charge is 0.342 e. The molecule has 0 bridgehead atoms. The lowest BCUT2D eigenvalue weighted by Crippen LogP contribution is -2.15. The third-order valence-electron chi connectivity index (χ3n) is 2.22. The van der Waals surface area contributed by atoms with Crippen LogP contribution in [0, 0.1) is 6.92 Å². The van der Waals surface area contributed by atoms with Crippen LogP contribution >= 0.6 is 0 Å². The van der Waals surface area contributed by atoms with Gasteiger partial charge in [0.05, 0.1) is 17.6 Å². The average molecular weight is 203 g/mol. The number of H-pyrrole nitrogens is 1. The van der Waals surface area contributed by atoms with Crippen LogP contribution in [-0.4, -0.2) is 22.8 Å². The van der Waals surface area contributed by atoms with E-state index in [4.69, 9.17) is 0 Å². The van der Waals surface area contributed by atoms with Crippen LogP contribution in [0.5, 0.6) is 0 Å². The number of nitrogens with one attached hydrogen (secondary N) is 2. The molecule has 2 N–H and O–H groups in total. The standard InChI is InChI=1S/C11H13N3O/c1-8-13-10-3-2-9(6-11(10)14-8)7-12-4-5-15/h2-3,5-6,12H,4,7H2,1H3,(H,13,14). The van der Waals surface area contributed by atoms with Gasteiger partial charge in [0, 0.05) is 6.54 Å². The van der Waals surface area contributed by atoms with Crippen molar-refractivity contribution in [1.82, 2.24) is 15.3 Å². The molecule has 0 unspecified atom stereocenters. The number of hydrogen-bond acceptors (Lipinski definition) is 3. The fourth-order valence-corrected chi connectivity index (χ4v) is 1.57. The molecule has 1 aromatic heterocycles. The maximum Gasteiger partial charge on any atom is 0.133 e.